The minimum absolute atomic E-state index is 0.330. The summed E-state index contributed by atoms with van der Waals surface area (Å²) in [5.41, 5.74) is 6.47. The molecule has 1 amide bonds. The Labute approximate surface area is 108 Å². The van der Waals surface area contributed by atoms with Crippen LogP contribution in [0.5, 0.6) is 0 Å². The molecule has 88 valence electrons. The van der Waals surface area contributed by atoms with Gasteiger partial charge >= 0.3 is 0 Å². The number of hydrogen-bond donors (Lipinski definition) is 2. The standard InChI is InChI=1S/C12H12BrN3O/c1-2-3-10(15)12(17)16-11-5-4-9(13)6-8(11)7-14/h2,4-6,10H,1,3,15H2,(H,16,17). The SMILES string of the molecule is C=CCC(N)C(=O)Nc1ccc(Br)cc1C#N. The highest BCUT2D eigenvalue weighted by Crippen LogP contribution is 2.20. The van der Waals surface area contributed by atoms with Gasteiger partial charge in [-0.2, -0.15) is 5.26 Å². The number of carbonyl (C=O) groups excluding carboxylic acids is 1. The monoisotopic (exact) mass is 293 g/mol. The molecule has 0 aliphatic heterocycles. The van der Waals surface area contributed by atoms with Crippen molar-refractivity contribution in [1.29, 1.82) is 5.26 Å². The number of nitrogens with two attached hydrogens (primary N) is 1. The van der Waals surface area contributed by atoms with Crippen LogP contribution >= 0.6 is 15.9 Å². The number of halogens is 1. The fourth-order valence-corrected chi connectivity index (χ4v) is 1.59. The van der Waals surface area contributed by atoms with Gasteiger partial charge in [0.25, 0.3) is 0 Å². The van der Waals surface area contributed by atoms with Gasteiger partial charge in [0.2, 0.25) is 5.91 Å². The van der Waals surface area contributed by atoms with E-state index >= 15 is 0 Å². The number of rotatable bonds is 4. The lowest BCUT2D eigenvalue weighted by atomic mass is 10.1. The average molecular weight is 294 g/mol. The Morgan fingerprint density at radius 3 is 3.00 bits per heavy atom. The van der Waals surface area contributed by atoms with Gasteiger partial charge < -0.3 is 11.1 Å². The Morgan fingerprint density at radius 1 is 1.71 bits per heavy atom. The van der Waals surface area contributed by atoms with E-state index in [9.17, 15) is 4.79 Å². The summed E-state index contributed by atoms with van der Waals surface area (Å²) in [7, 11) is 0. The predicted molar refractivity (Wildman–Crippen MR) is 70.3 cm³/mol. The molecule has 0 heterocycles. The predicted octanol–water partition coefficient (Wildman–Crippen LogP) is 2.16. The molecule has 1 atom stereocenters. The Kier molecular flexibility index (Phi) is 4.88. The van der Waals surface area contributed by atoms with Gasteiger partial charge in [-0.25, -0.2) is 0 Å². The van der Waals surface area contributed by atoms with E-state index in [-0.39, 0.29) is 5.91 Å². The third kappa shape index (κ3) is 3.70. The maximum atomic E-state index is 11.7. The van der Waals surface area contributed by atoms with Crippen molar-refractivity contribution < 1.29 is 4.79 Å². The number of benzene rings is 1. The quantitative estimate of drug-likeness (QED) is 0.835. The van der Waals surface area contributed by atoms with E-state index in [1.54, 1.807) is 24.3 Å². The fourth-order valence-electron chi connectivity index (χ4n) is 1.23. The molecular formula is C12H12BrN3O. The molecule has 0 spiro atoms. The minimum Gasteiger partial charge on any atom is -0.324 e. The molecule has 0 saturated carbocycles. The van der Waals surface area contributed by atoms with E-state index in [1.807, 2.05) is 6.07 Å². The van der Waals surface area contributed by atoms with Crippen LogP contribution in [-0.2, 0) is 4.79 Å². The number of anilines is 1. The molecule has 0 aliphatic rings. The molecule has 0 fully saturated rings. The van der Waals surface area contributed by atoms with Crippen molar-refractivity contribution in [2.24, 2.45) is 5.73 Å². The highest BCUT2D eigenvalue weighted by atomic mass is 79.9. The molecule has 0 saturated heterocycles. The third-order valence-electron chi connectivity index (χ3n) is 2.12. The first kappa shape index (κ1) is 13.4. The molecule has 1 aromatic carbocycles. The topological polar surface area (TPSA) is 78.9 Å². The van der Waals surface area contributed by atoms with Crippen LogP contribution < -0.4 is 11.1 Å². The molecule has 0 radical (unpaired) electrons. The summed E-state index contributed by atoms with van der Waals surface area (Å²) in [5, 5.41) is 11.5. The average Bonchev–Trinajstić information content (AvgIpc) is 2.31. The van der Waals surface area contributed by atoms with E-state index in [0.717, 1.165) is 4.47 Å². The fraction of sp³-hybridized carbons (Fsp3) is 0.167. The van der Waals surface area contributed by atoms with Crippen molar-refractivity contribution in [2.75, 3.05) is 5.32 Å². The molecule has 0 aliphatic carbocycles. The summed E-state index contributed by atoms with van der Waals surface area (Å²) in [6.07, 6.45) is 1.97. The van der Waals surface area contributed by atoms with Gasteiger partial charge in [-0.1, -0.05) is 22.0 Å². The molecule has 0 aromatic heterocycles. The van der Waals surface area contributed by atoms with E-state index in [1.165, 1.54) is 0 Å². The molecule has 1 aromatic rings. The molecule has 1 unspecified atom stereocenters. The molecule has 5 heteroatoms. The van der Waals surface area contributed by atoms with Crippen molar-refractivity contribution in [3.63, 3.8) is 0 Å². The van der Waals surface area contributed by atoms with Crippen molar-refractivity contribution in [1.82, 2.24) is 0 Å². The molecule has 4 nitrogen and oxygen atoms in total. The Hall–Kier alpha value is -1.64. The van der Waals surface area contributed by atoms with E-state index < -0.39 is 6.04 Å². The van der Waals surface area contributed by atoms with Gasteiger partial charge in [-0.15, -0.1) is 6.58 Å². The zero-order valence-electron chi connectivity index (χ0n) is 9.11. The first-order valence-electron chi connectivity index (χ1n) is 4.95. The number of carbonyl (C=O) groups is 1. The molecule has 3 N–H and O–H groups in total. The number of nitrogens with zero attached hydrogens (tertiary/aromatic N) is 1. The smallest absolute Gasteiger partial charge is 0.241 e. The van der Waals surface area contributed by atoms with Crippen LogP contribution in [0, 0.1) is 11.3 Å². The van der Waals surface area contributed by atoms with Gasteiger partial charge in [0.1, 0.15) is 6.07 Å². The van der Waals surface area contributed by atoms with Crippen molar-refractivity contribution in [3.8, 4) is 6.07 Å². The summed E-state index contributed by atoms with van der Waals surface area (Å²) in [5.74, 6) is -0.330. The van der Waals surface area contributed by atoms with Crippen molar-refractivity contribution >= 4 is 27.5 Å². The summed E-state index contributed by atoms with van der Waals surface area (Å²) < 4.78 is 0.780. The second-order valence-corrected chi connectivity index (χ2v) is 4.34. The summed E-state index contributed by atoms with van der Waals surface area (Å²) in [4.78, 5) is 11.7. The van der Waals surface area contributed by atoms with Gasteiger partial charge in [0.05, 0.1) is 17.3 Å². The van der Waals surface area contributed by atoms with Gasteiger partial charge in [-0.05, 0) is 24.6 Å². The van der Waals surface area contributed by atoms with E-state index in [4.69, 9.17) is 11.0 Å². The molecule has 0 bridgehead atoms. The normalized spacial score (nSPS) is 11.4. The molecule has 17 heavy (non-hydrogen) atoms. The lowest BCUT2D eigenvalue weighted by Crippen LogP contribution is -2.35. The van der Waals surface area contributed by atoms with Gasteiger partial charge in [0.15, 0.2) is 0 Å². The highest BCUT2D eigenvalue weighted by molar-refractivity contribution is 9.10. The van der Waals surface area contributed by atoms with Crippen LogP contribution in [0.4, 0.5) is 5.69 Å². The van der Waals surface area contributed by atoms with Crippen LogP contribution in [0.15, 0.2) is 35.3 Å². The van der Waals surface area contributed by atoms with Gasteiger partial charge in [-0.3, -0.25) is 4.79 Å². The second kappa shape index (κ2) is 6.18. The number of nitriles is 1. The second-order valence-electron chi connectivity index (χ2n) is 3.42. The van der Waals surface area contributed by atoms with Crippen LogP contribution in [-0.4, -0.2) is 11.9 Å². The maximum absolute atomic E-state index is 11.7. The highest BCUT2D eigenvalue weighted by Gasteiger charge is 2.13. The number of nitrogens with one attached hydrogen (secondary N) is 1. The summed E-state index contributed by atoms with van der Waals surface area (Å²) in [6.45, 7) is 3.52. The lowest BCUT2D eigenvalue weighted by Gasteiger charge is -2.11. The largest absolute Gasteiger partial charge is 0.324 e. The van der Waals surface area contributed by atoms with Crippen LogP contribution in [0.1, 0.15) is 12.0 Å². The Morgan fingerprint density at radius 2 is 2.41 bits per heavy atom. The molecular weight excluding hydrogens is 282 g/mol. The zero-order valence-corrected chi connectivity index (χ0v) is 10.7. The number of hydrogen-bond acceptors (Lipinski definition) is 3. The maximum Gasteiger partial charge on any atom is 0.241 e. The first-order valence-corrected chi connectivity index (χ1v) is 5.74. The zero-order chi connectivity index (χ0) is 12.8. The van der Waals surface area contributed by atoms with Gasteiger partial charge in [0, 0.05) is 4.47 Å². The van der Waals surface area contributed by atoms with Crippen LogP contribution in [0.3, 0.4) is 0 Å². The Bertz CT molecular complexity index is 479. The van der Waals surface area contributed by atoms with E-state index in [2.05, 4.69) is 27.8 Å². The van der Waals surface area contributed by atoms with Crippen molar-refractivity contribution in [3.05, 3.63) is 40.9 Å². The summed E-state index contributed by atoms with van der Waals surface area (Å²) in [6, 6.07) is 6.39. The Balaban J connectivity index is 2.85. The number of amides is 1. The first-order chi connectivity index (χ1) is 8.08. The minimum atomic E-state index is -0.650. The third-order valence-corrected chi connectivity index (χ3v) is 2.61. The summed E-state index contributed by atoms with van der Waals surface area (Å²) >= 11 is 3.26. The van der Waals surface area contributed by atoms with Crippen LogP contribution in [0.2, 0.25) is 0 Å². The van der Waals surface area contributed by atoms with Crippen molar-refractivity contribution in [2.45, 2.75) is 12.5 Å². The van der Waals surface area contributed by atoms with E-state index in [0.29, 0.717) is 17.7 Å². The lowest BCUT2D eigenvalue weighted by molar-refractivity contribution is -0.117. The molecule has 1 rings (SSSR count). The van der Waals surface area contributed by atoms with Crippen LogP contribution in [0.25, 0.3) is 0 Å².